The SMILES string of the molecule is CN1CCCN(CC(=O)c2ccc[nH]2)CC1=O. The van der Waals surface area contributed by atoms with E-state index in [2.05, 4.69) is 4.98 Å². The van der Waals surface area contributed by atoms with Crippen molar-refractivity contribution in [1.82, 2.24) is 14.8 Å². The van der Waals surface area contributed by atoms with Gasteiger partial charge in [0.1, 0.15) is 0 Å². The third kappa shape index (κ3) is 2.94. The molecule has 1 saturated heterocycles. The third-order valence-corrected chi connectivity index (χ3v) is 3.02. The molecular weight excluding hydrogens is 218 g/mol. The fraction of sp³-hybridized carbons (Fsp3) is 0.500. The van der Waals surface area contributed by atoms with Crippen LogP contribution in [0, 0.1) is 0 Å². The van der Waals surface area contributed by atoms with Crippen LogP contribution in [0.5, 0.6) is 0 Å². The van der Waals surface area contributed by atoms with E-state index in [0.29, 0.717) is 18.8 Å². The Bertz CT molecular complexity index is 400. The Morgan fingerprint density at radius 1 is 1.47 bits per heavy atom. The van der Waals surface area contributed by atoms with Crippen LogP contribution in [0.1, 0.15) is 16.9 Å². The fourth-order valence-corrected chi connectivity index (χ4v) is 1.97. The third-order valence-electron chi connectivity index (χ3n) is 3.02. The lowest BCUT2D eigenvalue weighted by Gasteiger charge is -2.17. The van der Waals surface area contributed by atoms with Crippen molar-refractivity contribution in [3.8, 4) is 0 Å². The molecule has 0 saturated carbocycles. The van der Waals surface area contributed by atoms with Crippen molar-refractivity contribution in [2.45, 2.75) is 6.42 Å². The molecule has 1 aromatic heterocycles. The first-order chi connectivity index (χ1) is 8.16. The second-order valence-electron chi connectivity index (χ2n) is 4.39. The van der Waals surface area contributed by atoms with Gasteiger partial charge in [0, 0.05) is 26.3 Å². The minimum atomic E-state index is 0.0346. The van der Waals surface area contributed by atoms with E-state index >= 15 is 0 Å². The van der Waals surface area contributed by atoms with E-state index < -0.39 is 0 Å². The van der Waals surface area contributed by atoms with Crippen molar-refractivity contribution < 1.29 is 9.59 Å². The van der Waals surface area contributed by atoms with Crippen LogP contribution in [-0.2, 0) is 4.79 Å². The number of nitrogens with zero attached hydrogens (tertiary/aromatic N) is 2. The van der Waals surface area contributed by atoms with Gasteiger partial charge in [-0.3, -0.25) is 14.5 Å². The van der Waals surface area contributed by atoms with E-state index in [-0.39, 0.29) is 11.7 Å². The fourth-order valence-electron chi connectivity index (χ4n) is 1.97. The average Bonchev–Trinajstić information content (AvgIpc) is 2.77. The molecule has 1 amide bonds. The lowest BCUT2D eigenvalue weighted by atomic mass is 10.2. The Kier molecular flexibility index (Phi) is 3.58. The maximum atomic E-state index is 11.9. The van der Waals surface area contributed by atoms with Crippen LogP contribution in [0.4, 0.5) is 0 Å². The summed E-state index contributed by atoms with van der Waals surface area (Å²) in [6, 6.07) is 3.56. The van der Waals surface area contributed by atoms with Crippen molar-refractivity contribution in [2.75, 3.05) is 33.2 Å². The quantitative estimate of drug-likeness (QED) is 0.770. The van der Waals surface area contributed by atoms with Gasteiger partial charge in [-0.25, -0.2) is 0 Å². The summed E-state index contributed by atoms with van der Waals surface area (Å²) in [5.74, 6) is 0.120. The Morgan fingerprint density at radius 3 is 3.00 bits per heavy atom. The van der Waals surface area contributed by atoms with E-state index in [1.807, 2.05) is 4.90 Å². The predicted octanol–water partition coefficient (Wildman–Crippen LogP) is 0.361. The standard InChI is InChI=1S/C12H17N3O2/c1-14-6-3-7-15(9-12(14)17)8-11(16)10-4-2-5-13-10/h2,4-5,13H,3,6-9H2,1H3. The first-order valence-corrected chi connectivity index (χ1v) is 5.80. The van der Waals surface area contributed by atoms with Crippen molar-refractivity contribution in [1.29, 1.82) is 0 Å². The molecule has 0 bridgehead atoms. The maximum Gasteiger partial charge on any atom is 0.236 e. The van der Waals surface area contributed by atoms with Crippen LogP contribution in [0.3, 0.4) is 0 Å². The zero-order chi connectivity index (χ0) is 12.3. The van der Waals surface area contributed by atoms with Gasteiger partial charge in [-0.1, -0.05) is 0 Å². The summed E-state index contributed by atoms with van der Waals surface area (Å²) < 4.78 is 0. The van der Waals surface area contributed by atoms with Gasteiger partial charge in [0.15, 0.2) is 5.78 Å². The summed E-state index contributed by atoms with van der Waals surface area (Å²) in [6.45, 7) is 2.21. The number of aromatic amines is 1. The highest BCUT2D eigenvalue weighted by atomic mass is 16.2. The van der Waals surface area contributed by atoms with Crippen molar-refractivity contribution in [3.05, 3.63) is 24.0 Å². The van der Waals surface area contributed by atoms with E-state index in [0.717, 1.165) is 19.5 Å². The Morgan fingerprint density at radius 2 is 2.29 bits per heavy atom. The molecule has 2 heterocycles. The average molecular weight is 235 g/mol. The van der Waals surface area contributed by atoms with Gasteiger partial charge >= 0.3 is 0 Å². The number of aromatic nitrogens is 1. The Labute approximate surface area is 100 Å². The number of nitrogens with one attached hydrogen (secondary N) is 1. The first-order valence-electron chi connectivity index (χ1n) is 5.80. The molecular formula is C12H17N3O2. The van der Waals surface area contributed by atoms with Crippen LogP contribution >= 0.6 is 0 Å². The lowest BCUT2D eigenvalue weighted by Crippen LogP contribution is -2.37. The van der Waals surface area contributed by atoms with Gasteiger partial charge in [-0.2, -0.15) is 0 Å². The molecule has 0 spiro atoms. The molecule has 5 heteroatoms. The summed E-state index contributed by atoms with van der Waals surface area (Å²) in [5.41, 5.74) is 0.607. The Hall–Kier alpha value is -1.62. The summed E-state index contributed by atoms with van der Waals surface area (Å²) in [7, 11) is 1.80. The molecule has 1 aromatic rings. The zero-order valence-corrected chi connectivity index (χ0v) is 9.98. The largest absolute Gasteiger partial charge is 0.359 e. The van der Waals surface area contributed by atoms with Crippen LogP contribution in [-0.4, -0.2) is 59.7 Å². The van der Waals surface area contributed by atoms with Gasteiger partial charge < -0.3 is 9.88 Å². The van der Waals surface area contributed by atoms with Gasteiger partial charge in [-0.05, 0) is 18.6 Å². The van der Waals surface area contributed by atoms with E-state index in [9.17, 15) is 9.59 Å². The molecule has 0 atom stereocenters. The summed E-state index contributed by atoms with van der Waals surface area (Å²) in [4.78, 5) is 30.1. The summed E-state index contributed by atoms with van der Waals surface area (Å²) >= 11 is 0. The first kappa shape index (κ1) is 11.9. The van der Waals surface area contributed by atoms with Gasteiger partial charge in [0.25, 0.3) is 0 Å². The second kappa shape index (κ2) is 5.14. The number of Topliss-reactive ketones (excluding diaryl/α,β-unsaturated/α-hetero) is 1. The number of rotatable bonds is 3. The normalized spacial score (nSPS) is 18.2. The molecule has 0 unspecified atom stereocenters. The Balaban J connectivity index is 1.94. The number of carbonyl (C=O) groups excluding carboxylic acids is 2. The molecule has 1 aliphatic rings. The van der Waals surface area contributed by atoms with Crippen LogP contribution in [0.2, 0.25) is 0 Å². The van der Waals surface area contributed by atoms with Crippen molar-refractivity contribution in [3.63, 3.8) is 0 Å². The lowest BCUT2D eigenvalue weighted by molar-refractivity contribution is -0.129. The number of amides is 1. The highest BCUT2D eigenvalue weighted by Crippen LogP contribution is 2.05. The molecule has 0 radical (unpaired) electrons. The maximum absolute atomic E-state index is 11.9. The molecule has 0 aliphatic carbocycles. The number of hydrogen-bond acceptors (Lipinski definition) is 3. The molecule has 17 heavy (non-hydrogen) atoms. The van der Waals surface area contributed by atoms with E-state index in [1.54, 1.807) is 30.3 Å². The highest BCUT2D eigenvalue weighted by Gasteiger charge is 2.21. The number of ketones is 1. The summed E-state index contributed by atoms with van der Waals surface area (Å²) in [6.07, 6.45) is 2.65. The van der Waals surface area contributed by atoms with Crippen LogP contribution in [0.25, 0.3) is 0 Å². The second-order valence-corrected chi connectivity index (χ2v) is 4.39. The molecule has 1 fully saturated rings. The van der Waals surface area contributed by atoms with Crippen molar-refractivity contribution in [2.24, 2.45) is 0 Å². The van der Waals surface area contributed by atoms with Gasteiger partial charge in [-0.15, -0.1) is 0 Å². The highest BCUT2D eigenvalue weighted by molar-refractivity contribution is 5.96. The molecule has 1 aliphatic heterocycles. The molecule has 1 N–H and O–H groups in total. The smallest absolute Gasteiger partial charge is 0.236 e. The molecule has 5 nitrogen and oxygen atoms in total. The van der Waals surface area contributed by atoms with Crippen LogP contribution < -0.4 is 0 Å². The molecule has 0 aromatic carbocycles. The number of likely N-dealkylation sites (N-methyl/N-ethyl adjacent to an activating group) is 1. The minimum Gasteiger partial charge on any atom is -0.359 e. The molecule has 92 valence electrons. The number of hydrogen-bond donors (Lipinski definition) is 1. The monoisotopic (exact) mass is 235 g/mol. The number of H-pyrrole nitrogens is 1. The van der Waals surface area contributed by atoms with E-state index in [1.165, 1.54) is 0 Å². The predicted molar refractivity (Wildman–Crippen MR) is 63.8 cm³/mol. The van der Waals surface area contributed by atoms with E-state index in [4.69, 9.17) is 0 Å². The summed E-state index contributed by atoms with van der Waals surface area (Å²) in [5, 5.41) is 0. The van der Waals surface area contributed by atoms with Crippen molar-refractivity contribution >= 4 is 11.7 Å². The zero-order valence-electron chi connectivity index (χ0n) is 9.98. The molecule has 2 rings (SSSR count). The minimum absolute atomic E-state index is 0.0346. The van der Waals surface area contributed by atoms with Crippen LogP contribution in [0.15, 0.2) is 18.3 Å². The van der Waals surface area contributed by atoms with Gasteiger partial charge in [0.2, 0.25) is 5.91 Å². The van der Waals surface area contributed by atoms with Gasteiger partial charge in [0.05, 0.1) is 18.8 Å². The number of carbonyl (C=O) groups is 2. The topological polar surface area (TPSA) is 56.4 Å².